The van der Waals surface area contributed by atoms with Crippen LogP contribution in [0.25, 0.3) is 0 Å². The number of ketones is 1. The van der Waals surface area contributed by atoms with Crippen molar-refractivity contribution in [2.45, 2.75) is 139 Å². The number of aliphatic carboxylic acids is 1. The Kier molecular flexibility index (Phi) is 9.64. The average molecular weight is 718 g/mol. The van der Waals surface area contributed by atoms with Crippen LogP contribution in [0.2, 0.25) is 0 Å². The molecule has 0 unspecified atom stereocenters. The van der Waals surface area contributed by atoms with Crippen LogP contribution in [-0.2, 0) is 30.5 Å². The molecule has 0 saturated heterocycles. The van der Waals surface area contributed by atoms with Crippen molar-refractivity contribution in [3.63, 3.8) is 0 Å². The van der Waals surface area contributed by atoms with Gasteiger partial charge >= 0.3 is 11.9 Å². The number of benzene rings is 1. The van der Waals surface area contributed by atoms with Crippen LogP contribution in [0.5, 0.6) is 5.75 Å². The van der Waals surface area contributed by atoms with Gasteiger partial charge in [0.25, 0.3) is 0 Å². The van der Waals surface area contributed by atoms with E-state index in [4.69, 9.17) is 9.47 Å². The SMILES string of the molecule is COc1ccc(CNC(=O)[C@@]23CC[C@]4(C)[C@H](CC[C@@H]5[C@@]6(C)CC[C@H](OC(=O)CC(C)(C)C(=O)O)C(C)(C)[C@@H]6CC[C@]54C)C2=C(C(C)C)C(=O)C3)cc1. The Labute approximate surface area is 311 Å². The molecule has 8 atom stereocenters. The third-order valence-electron chi connectivity index (χ3n) is 15.9. The fourth-order valence-electron chi connectivity index (χ4n) is 12.8. The molecule has 0 heterocycles. The summed E-state index contributed by atoms with van der Waals surface area (Å²) >= 11 is 0. The van der Waals surface area contributed by atoms with E-state index in [1.165, 1.54) is 0 Å². The lowest BCUT2D eigenvalue weighted by molar-refractivity contribution is -0.233. The summed E-state index contributed by atoms with van der Waals surface area (Å²) in [7, 11) is 1.64. The molecule has 1 amide bonds. The van der Waals surface area contributed by atoms with E-state index in [0.29, 0.717) is 24.8 Å². The molecule has 0 spiro atoms. The van der Waals surface area contributed by atoms with Gasteiger partial charge in [0.15, 0.2) is 5.78 Å². The van der Waals surface area contributed by atoms with Crippen molar-refractivity contribution in [2.75, 3.05) is 7.11 Å². The van der Waals surface area contributed by atoms with Crippen molar-refractivity contribution >= 4 is 23.6 Å². The molecule has 8 nitrogen and oxygen atoms in total. The summed E-state index contributed by atoms with van der Waals surface area (Å²) in [5.74, 6) is 0.524. The molecule has 0 bridgehead atoms. The molecule has 5 aliphatic carbocycles. The first-order valence-electron chi connectivity index (χ1n) is 19.8. The largest absolute Gasteiger partial charge is 0.497 e. The van der Waals surface area contributed by atoms with Crippen molar-refractivity contribution in [3.05, 3.63) is 41.0 Å². The van der Waals surface area contributed by atoms with Crippen LogP contribution in [0.4, 0.5) is 0 Å². The Balaban J connectivity index is 1.27. The molecule has 0 aliphatic heterocycles. The lowest BCUT2D eigenvalue weighted by Gasteiger charge is -2.72. The predicted molar refractivity (Wildman–Crippen MR) is 200 cm³/mol. The maximum atomic E-state index is 14.5. The van der Waals surface area contributed by atoms with Gasteiger partial charge in [-0.25, -0.2) is 0 Å². The van der Waals surface area contributed by atoms with E-state index in [1.54, 1.807) is 21.0 Å². The number of esters is 1. The van der Waals surface area contributed by atoms with E-state index < -0.39 is 22.8 Å². The minimum Gasteiger partial charge on any atom is -0.497 e. The summed E-state index contributed by atoms with van der Waals surface area (Å²) < 4.78 is 11.5. The fourth-order valence-corrected chi connectivity index (χ4v) is 12.8. The number of carboxylic acids is 1. The maximum Gasteiger partial charge on any atom is 0.309 e. The fraction of sp³-hybridized carbons (Fsp3) is 0.727. The minimum atomic E-state index is -1.17. The molecule has 52 heavy (non-hydrogen) atoms. The molecular formula is C44H63NO7. The van der Waals surface area contributed by atoms with Crippen molar-refractivity contribution < 1.29 is 33.8 Å². The minimum absolute atomic E-state index is 0.00586. The highest BCUT2D eigenvalue weighted by Gasteiger charge is 2.71. The van der Waals surface area contributed by atoms with E-state index in [0.717, 1.165) is 67.4 Å². The zero-order valence-corrected chi connectivity index (χ0v) is 33.4. The second kappa shape index (κ2) is 13.0. The number of allylic oxidation sites excluding steroid dienone is 1. The molecule has 286 valence electrons. The number of hydrogen-bond acceptors (Lipinski definition) is 6. The van der Waals surface area contributed by atoms with Crippen molar-refractivity contribution in [2.24, 2.45) is 56.2 Å². The smallest absolute Gasteiger partial charge is 0.309 e. The van der Waals surface area contributed by atoms with Crippen LogP contribution >= 0.6 is 0 Å². The van der Waals surface area contributed by atoms with Crippen LogP contribution in [-0.4, -0.2) is 41.9 Å². The van der Waals surface area contributed by atoms with Gasteiger partial charge in [0.1, 0.15) is 11.9 Å². The molecular weight excluding hydrogens is 654 g/mol. The Morgan fingerprint density at radius 3 is 2.19 bits per heavy atom. The van der Waals surface area contributed by atoms with Gasteiger partial charge in [-0.1, -0.05) is 60.6 Å². The standard InChI is InChI=1S/C44H63NO7/c1-26(2)35-30(46)23-44(37(48)45-25-27-11-13-28(51-10)14-12-27)22-21-42(8)29(36(35)44)15-16-32-41(7)19-18-33(52-34(47)24-39(3,4)38(49)50)40(5,6)31(41)17-20-43(32,42)9/h11-14,26,29,31-33H,15-25H2,1-10H3,(H,45,48)(H,49,50)/t29-,31+,32-,33+,41+,42-,43-,44-/m1/s1. The zero-order valence-electron chi connectivity index (χ0n) is 33.4. The number of nitrogens with one attached hydrogen (secondary N) is 1. The van der Waals surface area contributed by atoms with Crippen LogP contribution in [0.3, 0.4) is 0 Å². The van der Waals surface area contributed by atoms with Gasteiger partial charge in [-0.15, -0.1) is 0 Å². The van der Waals surface area contributed by atoms with E-state index >= 15 is 0 Å². The number of rotatable bonds is 9. The van der Waals surface area contributed by atoms with Crippen molar-refractivity contribution in [3.8, 4) is 5.75 Å². The molecule has 0 radical (unpaired) electrons. The van der Waals surface area contributed by atoms with Gasteiger partial charge < -0.3 is 19.9 Å². The van der Waals surface area contributed by atoms with Gasteiger partial charge in [0.2, 0.25) is 5.91 Å². The topological polar surface area (TPSA) is 119 Å². The van der Waals surface area contributed by atoms with Gasteiger partial charge in [-0.3, -0.25) is 19.2 Å². The quantitative estimate of drug-likeness (QED) is 0.245. The molecule has 1 aromatic carbocycles. The predicted octanol–water partition coefficient (Wildman–Crippen LogP) is 8.70. The van der Waals surface area contributed by atoms with E-state index in [2.05, 4.69) is 53.8 Å². The van der Waals surface area contributed by atoms with E-state index in [-0.39, 0.29) is 64.1 Å². The highest BCUT2D eigenvalue weighted by molar-refractivity contribution is 6.07. The Hall–Kier alpha value is -3.16. The number of fused-ring (bicyclic) bond motifs is 7. The first-order valence-corrected chi connectivity index (χ1v) is 19.8. The zero-order chi connectivity index (χ0) is 38.2. The van der Waals surface area contributed by atoms with E-state index in [9.17, 15) is 24.3 Å². The molecule has 6 rings (SSSR count). The second-order valence-electron chi connectivity index (χ2n) is 19.5. The molecule has 8 heteroatoms. The molecule has 4 fully saturated rings. The van der Waals surface area contributed by atoms with Gasteiger partial charge in [0.05, 0.1) is 24.4 Å². The number of ether oxygens (including phenoxy) is 2. The summed E-state index contributed by atoms with van der Waals surface area (Å²) in [6.45, 7) is 19.8. The lowest BCUT2D eigenvalue weighted by atomic mass is 9.33. The summed E-state index contributed by atoms with van der Waals surface area (Å²) in [6, 6.07) is 7.76. The number of methoxy groups -OCH3 is 1. The number of carbonyl (C=O) groups is 4. The monoisotopic (exact) mass is 717 g/mol. The summed E-state index contributed by atoms with van der Waals surface area (Å²) in [4.78, 5) is 53.3. The van der Waals surface area contributed by atoms with Gasteiger partial charge in [-0.05, 0) is 134 Å². The normalized spacial score (nSPS) is 36.6. The number of carboxylic acid groups (broad SMARTS) is 1. The maximum absolute atomic E-state index is 14.5. The van der Waals surface area contributed by atoms with E-state index in [1.807, 2.05) is 24.3 Å². The third-order valence-corrected chi connectivity index (χ3v) is 15.9. The second-order valence-corrected chi connectivity index (χ2v) is 19.5. The Bertz CT molecular complexity index is 1660. The molecule has 1 aromatic rings. The van der Waals surface area contributed by atoms with Crippen LogP contribution < -0.4 is 10.1 Å². The summed E-state index contributed by atoms with van der Waals surface area (Å²) in [6.07, 6.45) is 7.28. The lowest BCUT2D eigenvalue weighted by Crippen LogP contribution is -2.66. The number of amides is 1. The van der Waals surface area contributed by atoms with Crippen LogP contribution in [0, 0.1) is 56.2 Å². The number of Topliss-reactive ketones (excluding diaryl/α,β-unsaturated/α-hetero) is 1. The number of hydrogen-bond donors (Lipinski definition) is 2. The highest BCUT2D eigenvalue weighted by atomic mass is 16.5. The van der Waals surface area contributed by atoms with Crippen molar-refractivity contribution in [1.82, 2.24) is 5.32 Å². The number of carbonyl (C=O) groups excluding carboxylic acids is 3. The molecule has 4 saturated carbocycles. The first-order chi connectivity index (χ1) is 24.2. The Morgan fingerprint density at radius 2 is 1.58 bits per heavy atom. The van der Waals surface area contributed by atoms with Gasteiger partial charge in [-0.2, -0.15) is 0 Å². The Morgan fingerprint density at radius 1 is 0.904 bits per heavy atom. The third kappa shape index (κ3) is 5.75. The summed E-state index contributed by atoms with van der Waals surface area (Å²) in [5.41, 5.74) is 0.819. The van der Waals surface area contributed by atoms with Gasteiger partial charge in [0, 0.05) is 18.4 Å². The highest BCUT2D eigenvalue weighted by Crippen LogP contribution is 2.76. The molecule has 0 aromatic heterocycles. The molecule has 5 aliphatic rings. The summed E-state index contributed by atoms with van der Waals surface area (Å²) in [5, 5.41) is 12.9. The average Bonchev–Trinajstić information content (AvgIpc) is 3.38. The van der Waals surface area contributed by atoms with Crippen molar-refractivity contribution in [1.29, 1.82) is 0 Å². The van der Waals surface area contributed by atoms with Crippen LogP contribution in [0.15, 0.2) is 35.4 Å². The molecule has 2 N–H and O–H groups in total. The van der Waals surface area contributed by atoms with Crippen LogP contribution in [0.1, 0.15) is 132 Å². The first kappa shape index (κ1) is 38.6.